The Morgan fingerprint density at radius 2 is 1.84 bits per heavy atom. The summed E-state index contributed by atoms with van der Waals surface area (Å²) in [4.78, 5) is 29.5. The summed E-state index contributed by atoms with van der Waals surface area (Å²) in [5, 5.41) is 30.4. The molecule has 3 aromatic carbocycles. The molecule has 0 radical (unpaired) electrons. The molecule has 3 N–H and O–H groups in total. The summed E-state index contributed by atoms with van der Waals surface area (Å²) >= 11 is 6.27. The van der Waals surface area contributed by atoms with E-state index in [-0.39, 0.29) is 54.2 Å². The number of halogens is 1. The summed E-state index contributed by atoms with van der Waals surface area (Å²) < 4.78 is 28.2. The molecular weight excluding hydrogens is 624 g/mol. The largest absolute Gasteiger partial charge is 0.603 e. The van der Waals surface area contributed by atoms with Gasteiger partial charge >= 0.3 is 5.97 Å². The van der Waals surface area contributed by atoms with Gasteiger partial charge in [-0.15, -0.1) is 0 Å². The van der Waals surface area contributed by atoms with Gasteiger partial charge in [0, 0.05) is 12.1 Å². The Morgan fingerprint density at radius 3 is 2.56 bits per heavy atom. The van der Waals surface area contributed by atoms with Crippen molar-refractivity contribution in [2.75, 3.05) is 18.1 Å². The van der Waals surface area contributed by atoms with Crippen molar-refractivity contribution in [3.63, 3.8) is 0 Å². The number of anilines is 1. The molecule has 4 rings (SSSR count). The zero-order chi connectivity index (χ0) is 32.8. The van der Waals surface area contributed by atoms with Crippen LogP contribution in [-0.4, -0.2) is 49.3 Å². The van der Waals surface area contributed by atoms with Crippen LogP contribution in [0, 0.1) is 5.21 Å². The first-order valence-corrected chi connectivity index (χ1v) is 16.1. The number of carboxylic acid groups (broad SMARTS) is 1. The van der Waals surface area contributed by atoms with Crippen molar-refractivity contribution in [2.45, 2.75) is 57.7 Å². The average molecular weight is 659 g/mol. The number of nitrogens with zero attached hydrogens (tertiary/aromatic N) is 4. The highest BCUT2D eigenvalue weighted by Gasteiger charge is 2.28. The summed E-state index contributed by atoms with van der Waals surface area (Å²) in [5.74, 6) is -1.56. The van der Waals surface area contributed by atoms with Crippen LogP contribution in [0.2, 0.25) is 5.02 Å². The monoisotopic (exact) mass is 658 g/mol. The topological polar surface area (TPSA) is 173 Å². The van der Waals surface area contributed by atoms with Gasteiger partial charge in [-0.3, -0.25) is 20.0 Å². The quantitative estimate of drug-likeness (QED) is 0.127. The van der Waals surface area contributed by atoms with Crippen molar-refractivity contribution in [1.82, 2.24) is 10.1 Å². The Kier molecular flexibility index (Phi) is 10.8. The van der Waals surface area contributed by atoms with Crippen LogP contribution in [0.4, 0.5) is 5.69 Å². The minimum Gasteiger partial charge on any atom is -0.603 e. The third kappa shape index (κ3) is 8.35. The van der Waals surface area contributed by atoms with Gasteiger partial charge in [0.2, 0.25) is 10.0 Å². The molecule has 13 nitrogen and oxygen atoms in total. The number of nitrogens with one attached hydrogen (secondary N) is 2. The van der Waals surface area contributed by atoms with Crippen molar-refractivity contribution in [2.24, 2.45) is 10.5 Å². The predicted molar refractivity (Wildman–Crippen MR) is 167 cm³/mol. The lowest BCUT2D eigenvalue weighted by molar-refractivity contribution is -0.890. The highest BCUT2D eigenvalue weighted by molar-refractivity contribution is 7.89. The molecule has 0 bridgehead atoms. The Balaban J connectivity index is 1.48. The van der Waals surface area contributed by atoms with E-state index < -0.39 is 26.7 Å². The smallest absolute Gasteiger partial charge is 0.307 e. The van der Waals surface area contributed by atoms with Crippen LogP contribution in [0.25, 0.3) is 0 Å². The van der Waals surface area contributed by atoms with Crippen LogP contribution in [-0.2, 0) is 45.6 Å². The van der Waals surface area contributed by atoms with E-state index in [0.717, 1.165) is 17.7 Å². The fourth-order valence-corrected chi connectivity index (χ4v) is 6.36. The number of fused-ring (bicyclic) bond motifs is 1. The maximum absolute atomic E-state index is 13.3. The summed E-state index contributed by atoms with van der Waals surface area (Å²) in [6.45, 7) is 5.26. The maximum atomic E-state index is 13.3. The van der Waals surface area contributed by atoms with Gasteiger partial charge in [-0.1, -0.05) is 48.0 Å². The molecule has 0 saturated carbocycles. The molecule has 1 unspecified atom stereocenters. The first kappa shape index (κ1) is 33.8. The van der Waals surface area contributed by atoms with Gasteiger partial charge in [0.15, 0.2) is 0 Å². The highest BCUT2D eigenvalue weighted by Crippen LogP contribution is 2.30. The molecule has 0 aliphatic carbocycles. The maximum Gasteiger partial charge on any atom is 0.307 e. The van der Waals surface area contributed by atoms with E-state index in [2.05, 4.69) is 20.6 Å². The van der Waals surface area contributed by atoms with Gasteiger partial charge in [0.1, 0.15) is 24.6 Å². The standard InChI is InChI=1S/C30H35ClN6O7S/c1-4-37(41,5-2)34-35-44-19-25-15-21(10-11-22(25)17-29(38)39)18-32-45(42,43)28-16-24(12-13-26(28)31)30(40)33-36-20(3)14-23-8-6-7-9-27(23)36/h6-13,15-16,20,32H,4-5,14,17-19H2,1-3H3,(H,33,40)(H,38,39)/b35-34-. The number of hydrogen-bond acceptors (Lipinski definition) is 9. The van der Waals surface area contributed by atoms with Gasteiger partial charge in [-0.2, -0.15) is 0 Å². The number of hydrazine groups is 1. The molecule has 3 aromatic rings. The van der Waals surface area contributed by atoms with Crippen LogP contribution < -0.4 is 15.2 Å². The SMILES string of the molecule is CC[N+]([O-])(CC)/N=N\OCc1cc(CNS(=O)(=O)c2cc(C(=O)NN3c4ccccc4CC3C)ccc2Cl)ccc1CC(=O)O. The van der Waals surface area contributed by atoms with E-state index in [1.54, 1.807) is 37.1 Å². The number of rotatable bonds is 14. The van der Waals surface area contributed by atoms with E-state index in [1.807, 2.05) is 31.2 Å². The summed E-state index contributed by atoms with van der Waals surface area (Å²) in [7, 11) is -4.19. The molecule has 1 atom stereocenters. The second-order valence-electron chi connectivity index (χ2n) is 10.6. The highest BCUT2D eigenvalue weighted by atomic mass is 35.5. The van der Waals surface area contributed by atoms with E-state index >= 15 is 0 Å². The molecule has 0 aromatic heterocycles. The third-order valence-electron chi connectivity index (χ3n) is 7.46. The lowest BCUT2D eigenvalue weighted by Gasteiger charge is -2.30. The number of amides is 1. The predicted octanol–water partition coefficient (Wildman–Crippen LogP) is 4.69. The second-order valence-corrected chi connectivity index (χ2v) is 12.7. The zero-order valence-corrected chi connectivity index (χ0v) is 26.6. The molecule has 0 spiro atoms. The molecule has 0 saturated heterocycles. The van der Waals surface area contributed by atoms with Crippen LogP contribution in [0.3, 0.4) is 0 Å². The number of carbonyl (C=O) groups excluding carboxylic acids is 1. The minimum atomic E-state index is -4.19. The molecule has 240 valence electrons. The Hall–Kier alpha value is -4.08. The van der Waals surface area contributed by atoms with Gasteiger partial charge in [0.25, 0.3) is 5.91 Å². The van der Waals surface area contributed by atoms with Crippen LogP contribution >= 0.6 is 11.6 Å². The Morgan fingerprint density at radius 1 is 1.11 bits per heavy atom. The first-order valence-electron chi connectivity index (χ1n) is 14.3. The van der Waals surface area contributed by atoms with Crippen molar-refractivity contribution < 1.29 is 32.7 Å². The minimum absolute atomic E-state index is 0.0100. The number of carboxylic acids is 1. The number of aliphatic carboxylic acids is 1. The van der Waals surface area contributed by atoms with Gasteiger partial charge in [0.05, 0.1) is 33.7 Å². The number of sulfonamides is 1. The third-order valence-corrected chi connectivity index (χ3v) is 9.34. The molecule has 1 amide bonds. The fourth-order valence-electron chi connectivity index (χ4n) is 4.82. The van der Waals surface area contributed by atoms with Crippen LogP contribution in [0.5, 0.6) is 0 Å². The molecular formula is C30H35ClN6O7S. The van der Waals surface area contributed by atoms with Crippen molar-refractivity contribution in [1.29, 1.82) is 0 Å². The molecule has 45 heavy (non-hydrogen) atoms. The molecule has 1 aliphatic rings. The fraction of sp³-hybridized carbons (Fsp3) is 0.333. The number of para-hydroxylation sites is 1. The van der Waals surface area contributed by atoms with Crippen LogP contribution in [0.15, 0.2) is 76.1 Å². The number of carbonyl (C=O) groups is 2. The normalized spacial score (nSPS) is 14.9. The Bertz CT molecular complexity index is 1700. The molecule has 1 heterocycles. The van der Waals surface area contributed by atoms with E-state index in [4.69, 9.17) is 16.4 Å². The van der Waals surface area contributed by atoms with Gasteiger partial charge in [-0.25, -0.2) is 17.9 Å². The van der Waals surface area contributed by atoms with Crippen molar-refractivity contribution in [3.8, 4) is 0 Å². The summed E-state index contributed by atoms with van der Waals surface area (Å²) in [6.07, 6.45) is 0.452. The van der Waals surface area contributed by atoms with E-state index in [1.165, 1.54) is 18.2 Å². The number of benzene rings is 3. The second kappa shape index (κ2) is 14.3. The number of hydrogen-bond donors (Lipinski definition) is 3. The Labute approximate surface area is 266 Å². The zero-order valence-electron chi connectivity index (χ0n) is 25.1. The summed E-state index contributed by atoms with van der Waals surface area (Å²) in [6, 6.07) is 16.5. The molecule has 1 aliphatic heterocycles. The van der Waals surface area contributed by atoms with E-state index in [9.17, 15) is 28.3 Å². The van der Waals surface area contributed by atoms with Gasteiger partial charge < -0.3 is 15.2 Å². The van der Waals surface area contributed by atoms with E-state index in [0.29, 0.717) is 16.7 Å². The number of quaternary nitrogens is 1. The molecule has 15 heteroatoms. The first-order chi connectivity index (χ1) is 21.4. The summed E-state index contributed by atoms with van der Waals surface area (Å²) in [5.41, 5.74) is 6.30. The lowest BCUT2D eigenvalue weighted by atomic mass is 10.0. The average Bonchev–Trinajstić information content (AvgIpc) is 3.33. The van der Waals surface area contributed by atoms with Gasteiger partial charge in [-0.05, 0) is 73.7 Å². The van der Waals surface area contributed by atoms with Crippen molar-refractivity contribution in [3.05, 3.63) is 98.7 Å². The van der Waals surface area contributed by atoms with Crippen molar-refractivity contribution >= 4 is 39.2 Å². The molecule has 0 fully saturated rings. The number of hydroxylamine groups is 2. The lowest BCUT2D eigenvalue weighted by Crippen LogP contribution is -2.45. The van der Waals surface area contributed by atoms with Crippen LogP contribution in [0.1, 0.15) is 53.4 Å².